The van der Waals surface area contributed by atoms with E-state index in [2.05, 4.69) is 124 Å². The van der Waals surface area contributed by atoms with Crippen molar-refractivity contribution in [3.8, 4) is 17.6 Å². The summed E-state index contributed by atoms with van der Waals surface area (Å²) in [5, 5.41) is 12.5. The van der Waals surface area contributed by atoms with Gasteiger partial charge >= 0.3 is 0 Å². The first-order valence-corrected chi connectivity index (χ1v) is 28.0. The first-order chi connectivity index (χ1) is 33.5. The molecule has 1 amide bonds. The molecule has 0 aliphatic heterocycles. The molecule has 0 radical (unpaired) electrons. The van der Waals surface area contributed by atoms with E-state index in [0.717, 1.165) is 28.2 Å². The Labute approximate surface area is 415 Å². The lowest BCUT2D eigenvalue weighted by molar-refractivity contribution is -0.0430. The zero-order valence-electron chi connectivity index (χ0n) is 42.3. The molecule has 2 unspecified atom stereocenters. The highest BCUT2D eigenvalue weighted by Crippen LogP contribution is 2.54. The van der Waals surface area contributed by atoms with Crippen LogP contribution < -0.4 is 14.8 Å². The van der Waals surface area contributed by atoms with Crippen LogP contribution in [-0.4, -0.2) is 90.1 Å². The largest absolute Gasteiger partial charge is 0.497 e. The summed E-state index contributed by atoms with van der Waals surface area (Å²) >= 11 is 0. The topological polar surface area (TPSA) is 155 Å². The standard InChI is InChI=1S/C54H68N7O7PSi/c1-37(2)61(38(3)4)69(66-32-18-31-55)67-48-40(34-65-54(41-21-16-13-17-22-41,42-23-27-44(63-8)28-24-42)43-25-29-45(64-9)30-26-43)33-46(49(48)68-70(10,11)53(5,6)7)60-36-58-47-50(56-35-57-51(47)60)59-52(62)39-19-14-12-15-20-39/h12-17,19-30,35-38,40,46,48-49H,18,32-34H2,1-11H3,(H,56,57,59,62)/t40-,46-,48-,49?,69?/m1/s1. The van der Waals surface area contributed by atoms with E-state index >= 15 is 0 Å². The minimum Gasteiger partial charge on any atom is -0.497 e. The summed E-state index contributed by atoms with van der Waals surface area (Å²) in [4.78, 5) is 27.7. The van der Waals surface area contributed by atoms with Gasteiger partial charge in [-0.3, -0.25) is 4.79 Å². The zero-order chi connectivity index (χ0) is 50.2. The zero-order valence-corrected chi connectivity index (χ0v) is 44.2. The number of nitrogens with zero attached hydrogens (tertiary/aromatic N) is 6. The number of hydrogen-bond donors (Lipinski definition) is 1. The number of benzene rings is 4. The number of methoxy groups -OCH3 is 2. The minimum atomic E-state index is -2.58. The Bertz CT molecular complexity index is 2620. The van der Waals surface area contributed by atoms with Crippen LogP contribution in [0.15, 0.2) is 122 Å². The number of nitriles is 1. The fourth-order valence-electron chi connectivity index (χ4n) is 8.97. The third-order valence-electron chi connectivity index (χ3n) is 13.5. The molecule has 1 aliphatic carbocycles. The molecule has 7 rings (SSSR count). The monoisotopic (exact) mass is 985 g/mol. The number of nitrogens with one attached hydrogen (secondary N) is 1. The van der Waals surface area contributed by atoms with Gasteiger partial charge in [0, 0.05) is 23.6 Å². The number of anilines is 1. The van der Waals surface area contributed by atoms with Crippen LogP contribution >= 0.6 is 8.53 Å². The summed E-state index contributed by atoms with van der Waals surface area (Å²) in [5.74, 6) is 1.14. The van der Waals surface area contributed by atoms with E-state index in [1.807, 2.05) is 60.7 Å². The predicted molar refractivity (Wildman–Crippen MR) is 277 cm³/mol. The number of amides is 1. The van der Waals surface area contributed by atoms with Crippen LogP contribution in [0.3, 0.4) is 0 Å². The van der Waals surface area contributed by atoms with Crippen molar-refractivity contribution in [3.05, 3.63) is 144 Å². The van der Waals surface area contributed by atoms with Gasteiger partial charge < -0.3 is 37.6 Å². The number of rotatable bonds is 21. The molecule has 5 atom stereocenters. The number of carbonyl (C=O) groups is 1. The molecule has 16 heteroatoms. The molecule has 70 heavy (non-hydrogen) atoms. The Morgan fingerprint density at radius 3 is 1.94 bits per heavy atom. The van der Waals surface area contributed by atoms with Crippen molar-refractivity contribution >= 4 is 39.7 Å². The maximum atomic E-state index is 13.5. The molecule has 4 aromatic carbocycles. The van der Waals surface area contributed by atoms with Crippen LogP contribution in [0.2, 0.25) is 18.1 Å². The van der Waals surface area contributed by atoms with Crippen LogP contribution in [0.4, 0.5) is 5.82 Å². The number of carbonyl (C=O) groups excluding carboxylic acids is 1. The third kappa shape index (κ3) is 11.3. The van der Waals surface area contributed by atoms with E-state index in [4.69, 9.17) is 37.7 Å². The molecule has 370 valence electrons. The third-order valence-corrected chi connectivity index (χ3v) is 20.1. The van der Waals surface area contributed by atoms with Gasteiger partial charge in [-0.1, -0.05) is 93.6 Å². The first kappa shape index (κ1) is 52.3. The van der Waals surface area contributed by atoms with Crippen LogP contribution in [0.25, 0.3) is 11.2 Å². The van der Waals surface area contributed by atoms with Crippen LogP contribution in [0.5, 0.6) is 11.5 Å². The molecule has 2 aromatic heterocycles. The summed E-state index contributed by atoms with van der Waals surface area (Å²) in [6.45, 7) is 20.2. The van der Waals surface area contributed by atoms with Crippen LogP contribution in [0.1, 0.15) is 94.4 Å². The van der Waals surface area contributed by atoms with E-state index in [1.165, 1.54) is 6.33 Å². The Morgan fingerprint density at radius 1 is 0.829 bits per heavy atom. The first-order valence-electron chi connectivity index (χ1n) is 24.0. The second kappa shape index (κ2) is 22.7. The summed E-state index contributed by atoms with van der Waals surface area (Å²) in [6.07, 6.45) is 2.83. The molecule has 0 saturated heterocycles. The molecule has 0 spiro atoms. The fourth-order valence-corrected chi connectivity index (χ4v) is 12.1. The van der Waals surface area contributed by atoms with E-state index in [-0.39, 0.29) is 54.6 Å². The summed E-state index contributed by atoms with van der Waals surface area (Å²) in [7, 11) is -1.00. The van der Waals surface area contributed by atoms with Crippen molar-refractivity contribution in [3.63, 3.8) is 0 Å². The van der Waals surface area contributed by atoms with Gasteiger partial charge in [0.1, 0.15) is 23.4 Å². The van der Waals surface area contributed by atoms with E-state index in [1.54, 1.807) is 32.7 Å². The van der Waals surface area contributed by atoms with Gasteiger partial charge in [0.25, 0.3) is 14.4 Å². The van der Waals surface area contributed by atoms with Gasteiger partial charge in [0.15, 0.2) is 25.3 Å². The van der Waals surface area contributed by atoms with Crippen molar-refractivity contribution in [2.75, 3.05) is 32.8 Å². The summed E-state index contributed by atoms with van der Waals surface area (Å²) in [6, 6.07) is 37.3. The van der Waals surface area contributed by atoms with Crippen molar-refractivity contribution < 1.29 is 32.5 Å². The predicted octanol–water partition coefficient (Wildman–Crippen LogP) is 11.7. The van der Waals surface area contributed by atoms with Crippen LogP contribution in [0, 0.1) is 17.2 Å². The Balaban J connectivity index is 1.41. The summed E-state index contributed by atoms with van der Waals surface area (Å²) in [5.41, 5.74) is 3.11. The van der Waals surface area contributed by atoms with Gasteiger partial charge in [-0.2, -0.15) is 5.26 Å². The number of fused-ring (bicyclic) bond motifs is 1. The van der Waals surface area contributed by atoms with E-state index in [0.29, 0.717) is 29.0 Å². The Kier molecular flexibility index (Phi) is 16.9. The van der Waals surface area contributed by atoms with Crippen molar-refractivity contribution in [2.45, 2.75) is 115 Å². The molecule has 0 bridgehead atoms. The molecule has 14 nitrogen and oxygen atoms in total. The lowest BCUT2D eigenvalue weighted by Crippen LogP contribution is -2.49. The fraction of sp³-hybridized carbons (Fsp3) is 0.426. The van der Waals surface area contributed by atoms with Gasteiger partial charge in [0.2, 0.25) is 0 Å². The quantitative estimate of drug-likeness (QED) is 0.0316. The van der Waals surface area contributed by atoms with Gasteiger partial charge in [0.05, 0.1) is 64.5 Å². The SMILES string of the molecule is COc1ccc(C(OC[C@H]2C[C@@H](n3cnc4c(NC(=O)c5ccccc5)ncnc43)C(O[Si](C)(C)C(C)(C)C)[C@@H]2OP(OCCC#N)N(C(C)C)C(C)C)(c2ccccc2)c2ccc(OC)cc2)cc1. The van der Waals surface area contributed by atoms with Gasteiger partial charge in [-0.15, -0.1) is 0 Å². The number of aromatic nitrogens is 4. The average molecular weight is 986 g/mol. The molecular weight excluding hydrogens is 918 g/mol. The highest BCUT2D eigenvalue weighted by Gasteiger charge is 2.53. The second-order valence-corrected chi connectivity index (χ2v) is 25.9. The number of imidazole rings is 1. The highest BCUT2D eigenvalue weighted by atomic mass is 31.2. The molecule has 1 saturated carbocycles. The van der Waals surface area contributed by atoms with Crippen molar-refractivity contribution in [2.24, 2.45) is 5.92 Å². The highest BCUT2D eigenvalue weighted by molar-refractivity contribution is 7.44. The molecular formula is C54H68N7O7PSi. The Morgan fingerprint density at radius 2 is 1.40 bits per heavy atom. The van der Waals surface area contributed by atoms with E-state index in [9.17, 15) is 10.1 Å². The smallest absolute Gasteiger partial charge is 0.259 e. The molecule has 6 aromatic rings. The van der Waals surface area contributed by atoms with Gasteiger partial charge in [-0.05, 0) is 105 Å². The van der Waals surface area contributed by atoms with Gasteiger partial charge in [-0.25, -0.2) is 19.6 Å². The lowest BCUT2D eigenvalue weighted by Gasteiger charge is -2.43. The van der Waals surface area contributed by atoms with Crippen molar-refractivity contribution in [1.82, 2.24) is 24.2 Å². The summed E-state index contributed by atoms with van der Waals surface area (Å²) < 4.78 is 45.2. The van der Waals surface area contributed by atoms with E-state index < -0.39 is 34.7 Å². The molecule has 2 heterocycles. The minimum absolute atomic E-state index is 0.0505. The maximum absolute atomic E-state index is 13.5. The molecule has 1 aliphatic rings. The Hall–Kier alpha value is -5.56. The number of hydrogen-bond acceptors (Lipinski definition) is 12. The molecule has 1 fully saturated rings. The number of ether oxygens (including phenoxy) is 3. The van der Waals surface area contributed by atoms with Crippen LogP contribution in [-0.2, 0) is 23.8 Å². The normalized spacial score (nSPS) is 18.1. The lowest BCUT2D eigenvalue weighted by atomic mass is 9.79. The van der Waals surface area contributed by atoms with Crippen molar-refractivity contribution in [1.29, 1.82) is 5.26 Å². The maximum Gasteiger partial charge on any atom is 0.259 e. The molecule has 1 N–H and O–H groups in total. The second-order valence-electron chi connectivity index (χ2n) is 19.7. The average Bonchev–Trinajstić information content (AvgIpc) is 3.93.